The number of carbonyl (C=O) groups excluding carboxylic acids is 1. The average molecular weight is 291 g/mol. The van der Waals surface area contributed by atoms with Gasteiger partial charge >= 0.3 is 12.0 Å². The van der Waals surface area contributed by atoms with Crippen molar-refractivity contribution in [2.75, 3.05) is 19.0 Å². The molecule has 7 heteroatoms. The van der Waals surface area contributed by atoms with Crippen molar-refractivity contribution >= 4 is 17.7 Å². The minimum absolute atomic E-state index is 0.0900. The molecule has 112 valence electrons. The van der Waals surface area contributed by atoms with Gasteiger partial charge in [0.2, 0.25) is 0 Å². The van der Waals surface area contributed by atoms with Gasteiger partial charge in [0.05, 0.1) is 24.4 Å². The predicted molar refractivity (Wildman–Crippen MR) is 76.2 cm³/mol. The highest BCUT2D eigenvalue weighted by molar-refractivity contribution is 5.91. The van der Waals surface area contributed by atoms with E-state index in [0.717, 1.165) is 0 Å². The molecule has 0 aliphatic carbocycles. The number of unbranched alkanes of at least 4 members (excludes halogenated alkanes) is 1. The van der Waals surface area contributed by atoms with Crippen molar-refractivity contribution in [3.05, 3.63) is 23.8 Å². The fraction of sp³-hybridized carbons (Fsp3) is 0.357. The summed E-state index contributed by atoms with van der Waals surface area (Å²) >= 11 is 0. The number of carboxylic acid groups (broad SMARTS) is 1. The molecule has 0 aliphatic rings. The molecule has 0 saturated heterocycles. The van der Waals surface area contributed by atoms with E-state index in [4.69, 9.17) is 15.1 Å². The highest BCUT2D eigenvalue weighted by Crippen LogP contribution is 2.25. The molecule has 0 unspecified atom stereocenters. The summed E-state index contributed by atoms with van der Waals surface area (Å²) in [6.07, 6.45) is 1.19. The maximum absolute atomic E-state index is 11.7. The van der Waals surface area contributed by atoms with Crippen LogP contribution < -0.4 is 15.4 Å². The Bertz CT molecular complexity index is 552. The van der Waals surface area contributed by atoms with Gasteiger partial charge in [-0.15, -0.1) is 0 Å². The van der Waals surface area contributed by atoms with Crippen LogP contribution in [-0.4, -0.2) is 30.8 Å². The van der Waals surface area contributed by atoms with Crippen LogP contribution in [0, 0.1) is 11.3 Å². The van der Waals surface area contributed by atoms with Gasteiger partial charge in [-0.05, 0) is 25.0 Å². The van der Waals surface area contributed by atoms with Crippen LogP contribution in [-0.2, 0) is 4.79 Å². The topological polar surface area (TPSA) is 111 Å². The molecule has 0 fully saturated rings. The number of carbonyl (C=O) groups is 2. The number of ether oxygens (including phenoxy) is 1. The molecule has 21 heavy (non-hydrogen) atoms. The van der Waals surface area contributed by atoms with E-state index in [1.165, 1.54) is 13.2 Å². The van der Waals surface area contributed by atoms with Crippen LogP contribution in [0.15, 0.2) is 18.2 Å². The molecule has 0 saturated carbocycles. The molecule has 0 heterocycles. The van der Waals surface area contributed by atoms with E-state index in [0.29, 0.717) is 36.4 Å². The second kappa shape index (κ2) is 8.43. The maximum Gasteiger partial charge on any atom is 0.319 e. The lowest BCUT2D eigenvalue weighted by Gasteiger charge is -2.11. The molecule has 7 nitrogen and oxygen atoms in total. The van der Waals surface area contributed by atoms with Crippen LogP contribution in [0.3, 0.4) is 0 Å². The summed E-state index contributed by atoms with van der Waals surface area (Å²) in [5, 5.41) is 22.5. The minimum Gasteiger partial charge on any atom is -0.495 e. The van der Waals surface area contributed by atoms with Crippen LogP contribution in [0.25, 0.3) is 0 Å². The Hall–Kier alpha value is -2.75. The zero-order valence-electron chi connectivity index (χ0n) is 11.7. The molecule has 1 rings (SSSR count). The molecular weight excluding hydrogens is 274 g/mol. The summed E-state index contributed by atoms with van der Waals surface area (Å²) in [4.78, 5) is 22.0. The van der Waals surface area contributed by atoms with Crippen molar-refractivity contribution in [1.29, 1.82) is 5.26 Å². The number of amides is 2. The minimum atomic E-state index is -0.846. The molecule has 1 aromatic rings. The first kappa shape index (κ1) is 16.3. The molecule has 1 aromatic carbocycles. The Balaban J connectivity index is 2.44. The second-order valence-electron chi connectivity index (χ2n) is 4.26. The number of nitriles is 1. The molecular formula is C14H17N3O4. The molecule has 0 aromatic heterocycles. The lowest BCUT2D eigenvalue weighted by Crippen LogP contribution is -2.29. The number of hydrogen-bond acceptors (Lipinski definition) is 4. The highest BCUT2D eigenvalue weighted by Gasteiger charge is 2.08. The lowest BCUT2D eigenvalue weighted by molar-refractivity contribution is -0.137. The smallest absolute Gasteiger partial charge is 0.319 e. The summed E-state index contributed by atoms with van der Waals surface area (Å²) in [7, 11) is 1.45. The van der Waals surface area contributed by atoms with Crippen molar-refractivity contribution in [2.24, 2.45) is 0 Å². The summed E-state index contributed by atoms with van der Waals surface area (Å²) in [6, 6.07) is 6.26. The third-order valence-corrected chi connectivity index (χ3v) is 2.68. The monoisotopic (exact) mass is 291 g/mol. The number of benzene rings is 1. The SMILES string of the molecule is COc1cc(C#N)ccc1NC(=O)NCCCCC(=O)O. The van der Waals surface area contributed by atoms with Gasteiger partial charge in [-0.25, -0.2) is 4.79 Å². The van der Waals surface area contributed by atoms with Gasteiger partial charge < -0.3 is 20.5 Å². The van der Waals surface area contributed by atoms with Crippen LogP contribution in [0.4, 0.5) is 10.5 Å². The van der Waals surface area contributed by atoms with Crippen LogP contribution in [0.5, 0.6) is 5.75 Å². The molecule has 2 amide bonds. The number of urea groups is 1. The van der Waals surface area contributed by atoms with Gasteiger partial charge in [0.15, 0.2) is 0 Å². The number of carboxylic acids is 1. The van der Waals surface area contributed by atoms with Crippen molar-refractivity contribution in [2.45, 2.75) is 19.3 Å². The van der Waals surface area contributed by atoms with E-state index in [-0.39, 0.29) is 6.42 Å². The number of anilines is 1. The highest BCUT2D eigenvalue weighted by atomic mass is 16.5. The number of aliphatic carboxylic acids is 1. The number of methoxy groups -OCH3 is 1. The zero-order valence-corrected chi connectivity index (χ0v) is 11.7. The van der Waals surface area contributed by atoms with Crippen molar-refractivity contribution in [3.63, 3.8) is 0 Å². The standard InChI is InChI=1S/C14H17N3O4/c1-21-12-8-10(9-15)5-6-11(12)17-14(20)16-7-3-2-4-13(18)19/h5-6,8H,2-4,7H2,1H3,(H,18,19)(H2,16,17,20). The first-order valence-electron chi connectivity index (χ1n) is 6.41. The van der Waals surface area contributed by atoms with E-state index >= 15 is 0 Å². The fourth-order valence-corrected chi connectivity index (χ4v) is 1.63. The third kappa shape index (κ3) is 5.82. The Labute approximate surface area is 122 Å². The van der Waals surface area contributed by atoms with Crippen molar-refractivity contribution < 1.29 is 19.4 Å². The Morgan fingerprint density at radius 3 is 2.76 bits per heavy atom. The second-order valence-corrected chi connectivity index (χ2v) is 4.26. The average Bonchev–Trinajstić information content (AvgIpc) is 2.47. The molecule has 0 bridgehead atoms. The van der Waals surface area contributed by atoms with E-state index in [9.17, 15) is 9.59 Å². The van der Waals surface area contributed by atoms with E-state index in [2.05, 4.69) is 10.6 Å². The van der Waals surface area contributed by atoms with Gasteiger partial charge in [-0.3, -0.25) is 4.79 Å². The summed E-state index contributed by atoms with van der Waals surface area (Å²) < 4.78 is 5.10. The quantitative estimate of drug-likeness (QED) is 0.665. The number of hydrogen-bond donors (Lipinski definition) is 3. The maximum atomic E-state index is 11.7. The van der Waals surface area contributed by atoms with Gasteiger partial charge in [0.25, 0.3) is 0 Å². The van der Waals surface area contributed by atoms with Crippen LogP contribution in [0.1, 0.15) is 24.8 Å². The first-order valence-corrected chi connectivity index (χ1v) is 6.41. The molecule has 0 spiro atoms. The molecule has 0 radical (unpaired) electrons. The van der Waals surface area contributed by atoms with E-state index in [1.54, 1.807) is 12.1 Å². The molecule has 0 aliphatic heterocycles. The van der Waals surface area contributed by atoms with Gasteiger partial charge in [0.1, 0.15) is 5.75 Å². The number of nitrogens with one attached hydrogen (secondary N) is 2. The van der Waals surface area contributed by atoms with Crippen molar-refractivity contribution in [3.8, 4) is 11.8 Å². The summed E-state index contributed by atoms with van der Waals surface area (Å²) in [5.74, 6) is -0.447. The van der Waals surface area contributed by atoms with Crippen LogP contribution >= 0.6 is 0 Å². The van der Waals surface area contributed by atoms with Gasteiger partial charge in [0, 0.05) is 19.0 Å². The van der Waals surface area contributed by atoms with Gasteiger partial charge in [-0.2, -0.15) is 5.26 Å². The zero-order chi connectivity index (χ0) is 15.7. The normalized spacial score (nSPS) is 9.52. The summed E-state index contributed by atoms with van der Waals surface area (Å²) in [5.41, 5.74) is 0.894. The lowest BCUT2D eigenvalue weighted by atomic mass is 10.2. The summed E-state index contributed by atoms with van der Waals surface area (Å²) in [6.45, 7) is 0.387. The molecule has 3 N–H and O–H groups in total. The Kier molecular flexibility index (Phi) is 6.54. The Morgan fingerprint density at radius 2 is 2.14 bits per heavy atom. The first-order chi connectivity index (χ1) is 10.1. The molecule has 0 atom stereocenters. The van der Waals surface area contributed by atoms with Crippen LogP contribution in [0.2, 0.25) is 0 Å². The third-order valence-electron chi connectivity index (χ3n) is 2.68. The van der Waals surface area contributed by atoms with Gasteiger partial charge in [-0.1, -0.05) is 0 Å². The Morgan fingerprint density at radius 1 is 1.38 bits per heavy atom. The van der Waals surface area contributed by atoms with E-state index in [1.807, 2.05) is 6.07 Å². The van der Waals surface area contributed by atoms with Crippen molar-refractivity contribution in [1.82, 2.24) is 5.32 Å². The largest absolute Gasteiger partial charge is 0.495 e. The predicted octanol–water partition coefficient (Wildman–Crippen LogP) is 1.94. The number of rotatable bonds is 7. The fourth-order valence-electron chi connectivity index (χ4n) is 1.63. The number of nitrogens with zero attached hydrogens (tertiary/aromatic N) is 1. The van der Waals surface area contributed by atoms with E-state index < -0.39 is 12.0 Å².